The SMILES string of the molecule is O=S(=O)(c1ccc2c(c1)CCN2)N1CC2CCCC2C1. The lowest BCUT2D eigenvalue weighted by molar-refractivity contribution is 0.445. The monoisotopic (exact) mass is 292 g/mol. The number of benzene rings is 1. The number of nitrogens with zero attached hydrogens (tertiary/aromatic N) is 1. The predicted octanol–water partition coefficient (Wildman–Crippen LogP) is 2.08. The highest BCUT2D eigenvalue weighted by atomic mass is 32.2. The van der Waals surface area contributed by atoms with Crippen LogP contribution in [0, 0.1) is 11.8 Å². The zero-order valence-corrected chi connectivity index (χ0v) is 12.3. The van der Waals surface area contributed by atoms with Crippen molar-refractivity contribution in [2.75, 3.05) is 25.0 Å². The summed E-state index contributed by atoms with van der Waals surface area (Å²) in [5, 5.41) is 3.27. The fourth-order valence-electron chi connectivity index (χ4n) is 3.98. The van der Waals surface area contributed by atoms with Gasteiger partial charge in [0.1, 0.15) is 0 Å². The summed E-state index contributed by atoms with van der Waals surface area (Å²) in [5.41, 5.74) is 2.22. The summed E-state index contributed by atoms with van der Waals surface area (Å²) < 4.78 is 27.3. The van der Waals surface area contributed by atoms with Gasteiger partial charge in [0.15, 0.2) is 0 Å². The normalized spacial score (nSPS) is 29.2. The Morgan fingerprint density at radius 3 is 2.65 bits per heavy atom. The van der Waals surface area contributed by atoms with E-state index in [1.165, 1.54) is 19.3 Å². The van der Waals surface area contributed by atoms with Crippen LogP contribution in [-0.4, -0.2) is 32.4 Å². The molecule has 0 radical (unpaired) electrons. The predicted molar refractivity (Wildman–Crippen MR) is 78.2 cm³/mol. The van der Waals surface area contributed by atoms with Crippen LogP contribution in [0.4, 0.5) is 5.69 Å². The highest BCUT2D eigenvalue weighted by Crippen LogP contribution is 2.40. The van der Waals surface area contributed by atoms with E-state index in [0.29, 0.717) is 16.7 Å². The van der Waals surface area contributed by atoms with Gasteiger partial charge in [-0.25, -0.2) is 8.42 Å². The van der Waals surface area contributed by atoms with E-state index >= 15 is 0 Å². The van der Waals surface area contributed by atoms with Gasteiger partial charge in [0.05, 0.1) is 4.90 Å². The second-order valence-corrected chi connectivity index (χ2v) is 8.21. The molecule has 2 aliphatic heterocycles. The molecule has 2 fully saturated rings. The van der Waals surface area contributed by atoms with Crippen LogP contribution in [0.3, 0.4) is 0 Å². The molecule has 0 bridgehead atoms. The Labute approximate surface area is 120 Å². The Kier molecular flexibility index (Phi) is 2.82. The molecule has 1 N–H and O–H groups in total. The van der Waals surface area contributed by atoms with Gasteiger partial charge < -0.3 is 5.32 Å². The van der Waals surface area contributed by atoms with Crippen LogP contribution in [0.15, 0.2) is 23.1 Å². The Bertz CT molecular complexity index is 629. The average Bonchev–Trinajstić information content (AvgIpc) is 3.12. The third kappa shape index (κ3) is 1.87. The van der Waals surface area contributed by atoms with Gasteiger partial charge in [-0.15, -0.1) is 0 Å². The molecule has 4 rings (SSSR count). The first-order valence-corrected chi connectivity index (χ1v) is 8.95. The summed E-state index contributed by atoms with van der Waals surface area (Å²) in [4.78, 5) is 0.472. The van der Waals surface area contributed by atoms with Gasteiger partial charge in [-0.1, -0.05) is 6.42 Å². The minimum atomic E-state index is -3.30. The number of hydrogen-bond acceptors (Lipinski definition) is 3. The summed E-state index contributed by atoms with van der Waals surface area (Å²) >= 11 is 0. The third-order valence-electron chi connectivity index (χ3n) is 5.12. The van der Waals surface area contributed by atoms with E-state index in [1.54, 1.807) is 10.4 Å². The molecule has 2 atom stereocenters. The number of fused-ring (bicyclic) bond motifs is 2. The molecule has 1 aromatic rings. The summed E-state index contributed by atoms with van der Waals surface area (Å²) in [7, 11) is -3.30. The maximum absolute atomic E-state index is 12.8. The zero-order valence-electron chi connectivity index (χ0n) is 11.5. The highest BCUT2D eigenvalue weighted by molar-refractivity contribution is 7.89. The second-order valence-electron chi connectivity index (χ2n) is 6.27. The standard InChI is InChI=1S/C15H20N2O2S/c18-20(19,17-9-12-2-1-3-13(12)10-17)14-4-5-15-11(8-14)6-7-16-15/h4-5,8,12-13,16H,1-3,6-7,9-10H2. The third-order valence-corrected chi connectivity index (χ3v) is 6.94. The molecule has 5 heteroatoms. The Morgan fingerprint density at radius 2 is 1.90 bits per heavy atom. The van der Waals surface area contributed by atoms with Gasteiger partial charge in [0.25, 0.3) is 0 Å². The van der Waals surface area contributed by atoms with Gasteiger partial charge in [0, 0.05) is 25.3 Å². The van der Waals surface area contributed by atoms with E-state index in [9.17, 15) is 8.42 Å². The van der Waals surface area contributed by atoms with Crippen molar-refractivity contribution in [2.45, 2.75) is 30.6 Å². The van der Waals surface area contributed by atoms with E-state index in [1.807, 2.05) is 12.1 Å². The van der Waals surface area contributed by atoms with E-state index in [2.05, 4.69) is 5.32 Å². The van der Waals surface area contributed by atoms with Crippen molar-refractivity contribution in [1.82, 2.24) is 4.31 Å². The molecule has 2 heterocycles. The van der Waals surface area contributed by atoms with Crippen LogP contribution in [0.5, 0.6) is 0 Å². The lowest BCUT2D eigenvalue weighted by Gasteiger charge is -2.17. The maximum atomic E-state index is 12.8. The molecule has 4 nitrogen and oxygen atoms in total. The lowest BCUT2D eigenvalue weighted by Crippen LogP contribution is -2.29. The van der Waals surface area contributed by atoms with Crippen molar-refractivity contribution in [3.63, 3.8) is 0 Å². The lowest BCUT2D eigenvalue weighted by atomic mass is 10.0. The summed E-state index contributed by atoms with van der Waals surface area (Å²) in [6.07, 6.45) is 4.59. The number of rotatable bonds is 2. The van der Waals surface area contributed by atoms with Gasteiger partial charge >= 0.3 is 0 Å². The summed E-state index contributed by atoms with van der Waals surface area (Å²) in [5.74, 6) is 1.20. The molecule has 1 saturated carbocycles. The molecule has 0 amide bonds. The zero-order chi connectivity index (χ0) is 13.7. The molecule has 3 aliphatic rings. The first-order valence-electron chi connectivity index (χ1n) is 7.51. The molecular formula is C15H20N2O2S. The molecule has 0 spiro atoms. The molecule has 2 unspecified atom stereocenters. The summed E-state index contributed by atoms with van der Waals surface area (Å²) in [6.45, 7) is 2.36. The Balaban J connectivity index is 1.64. The molecule has 1 saturated heterocycles. The maximum Gasteiger partial charge on any atom is 0.243 e. The number of nitrogens with one attached hydrogen (secondary N) is 1. The van der Waals surface area contributed by atoms with Crippen molar-refractivity contribution in [2.24, 2.45) is 11.8 Å². The smallest absolute Gasteiger partial charge is 0.243 e. The molecule has 20 heavy (non-hydrogen) atoms. The molecule has 1 aliphatic carbocycles. The largest absolute Gasteiger partial charge is 0.384 e. The van der Waals surface area contributed by atoms with E-state index in [0.717, 1.165) is 37.3 Å². The Morgan fingerprint density at radius 1 is 1.15 bits per heavy atom. The van der Waals surface area contributed by atoms with Crippen molar-refractivity contribution >= 4 is 15.7 Å². The van der Waals surface area contributed by atoms with Crippen molar-refractivity contribution < 1.29 is 8.42 Å². The molecular weight excluding hydrogens is 272 g/mol. The molecule has 108 valence electrons. The van der Waals surface area contributed by atoms with Gasteiger partial charge in [0.2, 0.25) is 10.0 Å². The fraction of sp³-hybridized carbons (Fsp3) is 0.600. The van der Waals surface area contributed by atoms with Gasteiger partial charge in [-0.3, -0.25) is 0 Å². The van der Waals surface area contributed by atoms with Crippen LogP contribution in [-0.2, 0) is 16.4 Å². The van der Waals surface area contributed by atoms with E-state index in [-0.39, 0.29) is 0 Å². The first-order chi connectivity index (χ1) is 9.64. The van der Waals surface area contributed by atoms with Crippen LogP contribution in [0.25, 0.3) is 0 Å². The Hall–Kier alpha value is -1.07. The van der Waals surface area contributed by atoms with Crippen molar-refractivity contribution in [3.05, 3.63) is 23.8 Å². The quantitative estimate of drug-likeness (QED) is 0.908. The van der Waals surface area contributed by atoms with Crippen LogP contribution in [0.2, 0.25) is 0 Å². The first kappa shape index (κ1) is 12.7. The number of hydrogen-bond donors (Lipinski definition) is 1. The molecule has 0 aromatic heterocycles. The van der Waals surface area contributed by atoms with Crippen molar-refractivity contribution in [1.29, 1.82) is 0 Å². The fourth-order valence-corrected chi connectivity index (χ4v) is 5.58. The number of anilines is 1. The summed E-state index contributed by atoms with van der Waals surface area (Å²) in [6, 6.07) is 5.52. The minimum absolute atomic E-state index is 0.472. The van der Waals surface area contributed by atoms with E-state index < -0.39 is 10.0 Å². The van der Waals surface area contributed by atoms with Crippen LogP contribution in [0.1, 0.15) is 24.8 Å². The van der Waals surface area contributed by atoms with Crippen LogP contribution < -0.4 is 5.32 Å². The van der Waals surface area contributed by atoms with Crippen LogP contribution >= 0.6 is 0 Å². The van der Waals surface area contributed by atoms with Crippen molar-refractivity contribution in [3.8, 4) is 0 Å². The van der Waals surface area contributed by atoms with E-state index in [4.69, 9.17) is 0 Å². The highest BCUT2D eigenvalue weighted by Gasteiger charge is 2.41. The number of sulfonamides is 1. The molecule has 1 aromatic carbocycles. The topological polar surface area (TPSA) is 49.4 Å². The second kappa shape index (κ2) is 4.46. The van der Waals surface area contributed by atoms with Gasteiger partial charge in [-0.05, 0) is 54.9 Å². The van der Waals surface area contributed by atoms with Gasteiger partial charge in [-0.2, -0.15) is 4.31 Å². The average molecular weight is 292 g/mol. The minimum Gasteiger partial charge on any atom is -0.384 e.